The number of sulfonamides is 1. The third kappa shape index (κ3) is 7.74. The van der Waals surface area contributed by atoms with Gasteiger partial charge in [0.1, 0.15) is 12.6 Å². The normalized spacial score (nSPS) is 13.1. The van der Waals surface area contributed by atoms with Gasteiger partial charge in [-0.3, -0.25) is 13.9 Å². The van der Waals surface area contributed by atoms with Gasteiger partial charge in [0, 0.05) is 17.6 Å². The molecule has 2 rings (SSSR count). The van der Waals surface area contributed by atoms with Gasteiger partial charge in [0.2, 0.25) is 21.8 Å². The van der Waals surface area contributed by atoms with Gasteiger partial charge in [-0.2, -0.15) is 0 Å². The number of amides is 2. The maximum Gasteiger partial charge on any atom is 0.244 e. The van der Waals surface area contributed by atoms with E-state index in [1.165, 1.54) is 11.0 Å². The molecule has 0 radical (unpaired) electrons. The average molecular weight is 508 g/mol. The van der Waals surface area contributed by atoms with Crippen LogP contribution in [0.25, 0.3) is 0 Å². The van der Waals surface area contributed by atoms with E-state index in [9.17, 15) is 18.0 Å². The second kappa shape index (κ2) is 12.2. The van der Waals surface area contributed by atoms with E-state index in [-0.39, 0.29) is 24.2 Å². The zero-order chi connectivity index (χ0) is 25.5. The highest BCUT2D eigenvalue weighted by Crippen LogP contribution is 2.23. The van der Waals surface area contributed by atoms with Gasteiger partial charge in [0.05, 0.1) is 11.9 Å². The number of halogens is 1. The Labute approximate surface area is 208 Å². The van der Waals surface area contributed by atoms with Crippen LogP contribution in [-0.2, 0) is 26.2 Å². The second-order valence-corrected chi connectivity index (χ2v) is 10.8. The first kappa shape index (κ1) is 27.7. The van der Waals surface area contributed by atoms with Crippen molar-refractivity contribution >= 4 is 39.1 Å². The van der Waals surface area contributed by atoms with Crippen LogP contribution < -0.4 is 9.62 Å². The molecule has 1 N–H and O–H groups in total. The van der Waals surface area contributed by atoms with Crippen LogP contribution in [0.15, 0.2) is 48.5 Å². The third-order valence-electron chi connectivity index (χ3n) is 5.60. The number of carbonyl (C=O) groups excluding carboxylic acids is 2. The summed E-state index contributed by atoms with van der Waals surface area (Å²) in [5.74, 6) is -0.732. The molecule has 0 saturated heterocycles. The van der Waals surface area contributed by atoms with Gasteiger partial charge in [-0.05, 0) is 50.5 Å². The first-order chi connectivity index (χ1) is 16.0. The molecule has 0 bridgehead atoms. The second-order valence-electron chi connectivity index (χ2n) is 8.50. The molecule has 0 aliphatic carbocycles. The molecule has 0 spiro atoms. The molecule has 2 aromatic rings. The van der Waals surface area contributed by atoms with Crippen molar-refractivity contribution in [1.82, 2.24) is 10.2 Å². The minimum Gasteiger partial charge on any atom is -0.352 e. The maximum atomic E-state index is 13.6. The lowest BCUT2D eigenvalue weighted by Crippen LogP contribution is -2.53. The molecule has 0 fully saturated rings. The number of nitrogens with zero attached hydrogens (tertiary/aromatic N) is 2. The Morgan fingerprint density at radius 1 is 1.06 bits per heavy atom. The summed E-state index contributed by atoms with van der Waals surface area (Å²) in [5.41, 5.74) is 2.17. The van der Waals surface area contributed by atoms with Crippen molar-refractivity contribution in [2.75, 3.05) is 17.1 Å². The van der Waals surface area contributed by atoms with Gasteiger partial charge in [0.25, 0.3) is 0 Å². The molecular weight excluding hydrogens is 474 g/mol. The van der Waals surface area contributed by atoms with Crippen molar-refractivity contribution in [2.24, 2.45) is 0 Å². The first-order valence-electron chi connectivity index (χ1n) is 11.3. The Bertz CT molecular complexity index is 1110. The predicted molar refractivity (Wildman–Crippen MR) is 137 cm³/mol. The van der Waals surface area contributed by atoms with Crippen molar-refractivity contribution in [1.29, 1.82) is 0 Å². The fraction of sp³-hybridized carbons (Fsp3) is 0.440. The highest BCUT2D eigenvalue weighted by Gasteiger charge is 2.32. The van der Waals surface area contributed by atoms with Crippen LogP contribution in [-0.4, -0.2) is 50.0 Å². The van der Waals surface area contributed by atoms with E-state index in [0.717, 1.165) is 28.1 Å². The van der Waals surface area contributed by atoms with Gasteiger partial charge in [-0.1, -0.05) is 61.3 Å². The van der Waals surface area contributed by atoms with E-state index in [1.54, 1.807) is 18.2 Å². The molecule has 0 heterocycles. The topological polar surface area (TPSA) is 86.8 Å². The Hall–Kier alpha value is -2.58. The van der Waals surface area contributed by atoms with Gasteiger partial charge < -0.3 is 10.2 Å². The van der Waals surface area contributed by atoms with Crippen LogP contribution in [0.5, 0.6) is 0 Å². The number of anilines is 1. The number of rotatable bonds is 11. The minimum absolute atomic E-state index is 0.0450. The van der Waals surface area contributed by atoms with E-state index < -0.39 is 28.5 Å². The number of hydrogen-bond acceptors (Lipinski definition) is 4. The zero-order valence-electron chi connectivity index (χ0n) is 20.4. The molecule has 0 aliphatic heterocycles. The smallest absolute Gasteiger partial charge is 0.244 e. The van der Waals surface area contributed by atoms with Crippen LogP contribution in [0.1, 0.15) is 44.7 Å². The standard InChI is InChI=1S/C25H34ClN3O4S/c1-6-19(4)27-25(31)23(7-2)28(16-20-11-8-10-18(3)14-20)24(30)17-29(34(5,32)33)22-13-9-12-21(26)15-22/h8-15,19,23H,6-7,16-17H2,1-5H3,(H,27,31)/t19-,23-/m0/s1. The number of hydrogen-bond donors (Lipinski definition) is 1. The Morgan fingerprint density at radius 2 is 1.74 bits per heavy atom. The van der Waals surface area contributed by atoms with Crippen molar-refractivity contribution in [2.45, 2.75) is 59.2 Å². The SMILES string of the molecule is CC[C@H](C)NC(=O)[C@H](CC)N(Cc1cccc(C)c1)C(=O)CN(c1cccc(Cl)c1)S(C)(=O)=O. The number of benzene rings is 2. The highest BCUT2D eigenvalue weighted by molar-refractivity contribution is 7.92. The largest absolute Gasteiger partial charge is 0.352 e. The van der Waals surface area contributed by atoms with Crippen molar-refractivity contribution in [3.63, 3.8) is 0 Å². The lowest BCUT2D eigenvalue weighted by atomic mass is 10.1. The monoisotopic (exact) mass is 507 g/mol. The molecule has 0 saturated carbocycles. The Morgan fingerprint density at radius 3 is 2.29 bits per heavy atom. The molecule has 2 aromatic carbocycles. The molecule has 0 aliphatic rings. The molecule has 34 heavy (non-hydrogen) atoms. The van der Waals surface area contributed by atoms with Crippen molar-refractivity contribution in [3.8, 4) is 0 Å². The van der Waals surface area contributed by atoms with Crippen molar-refractivity contribution in [3.05, 3.63) is 64.7 Å². The Kier molecular flexibility index (Phi) is 9.94. The van der Waals surface area contributed by atoms with Crippen LogP contribution in [0.4, 0.5) is 5.69 Å². The van der Waals surface area contributed by atoms with Crippen LogP contribution >= 0.6 is 11.6 Å². The lowest BCUT2D eigenvalue weighted by Gasteiger charge is -2.33. The van der Waals surface area contributed by atoms with Gasteiger partial charge in [-0.25, -0.2) is 8.42 Å². The maximum absolute atomic E-state index is 13.6. The van der Waals surface area contributed by atoms with E-state index in [4.69, 9.17) is 11.6 Å². The quantitative estimate of drug-likeness (QED) is 0.495. The average Bonchev–Trinajstić information content (AvgIpc) is 2.76. The summed E-state index contributed by atoms with van der Waals surface area (Å²) in [6.45, 7) is 7.40. The summed E-state index contributed by atoms with van der Waals surface area (Å²) in [6, 6.07) is 13.2. The van der Waals surface area contributed by atoms with Gasteiger partial charge in [-0.15, -0.1) is 0 Å². The third-order valence-corrected chi connectivity index (χ3v) is 6.97. The van der Waals surface area contributed by atoms with Crippen LogP contribution in [0, 0.1) is 6.92 Å². The summed E-state index contributed by atoms with van der Waals surface area (Å²) in [6.07, 6.45) is 2.18. The molecule has 2 atom stereocenters. The summed E-state index contributed by atoms with van der Waals surface area (Å²) in [5, 5.41) is 3.31. The summed E-state index contributed by atoms with van der Waals surface area (Å²) in [7, 11) is -3.79. The van der Waals surface area contributed by atoms with Gasteiger partial charge in [0.15, 0.2) is 0 Å². The summed E-state index contributed by atoms with van der Waals surface area (Å²) >= 11 is 6.07. The fourth-order valence-corrected chi connectivity index (χ4v) is 4.64. The molecular formula is C25H34ClN3O4S. The molecule has 9 heteroatoms. The number of carbonyl (C=O) groups is 2. The number of nitrogens with one attached hydrogen (secondary N) is 1. The predicted octanol–water partition coefficient (Wildman–Crippen LogP) is 4.14. The van der Waals surface area contributed by atoms with E-state index in [0.29, 0.717) is 11.4 Å². The molecule has 7 nitrogen and oxygen atoms in total. The van der Waals surface area contributed by atoms with E-state index >= 15 is 0 Å². The minimum atomic E-state index is -3.79. The summed E-state index contributed by atoms with van der Waals surface area (Å²) in [4.78, 5) is 28.2. The molecule has 0 aromatic heterocycles. The summed E-state index contributed by atoms with van der Waals surface area (Å²) < 4.78 is 26.2. The molecule has 2 amide bonds. The lowest BCUT2D eigenvalue weighted by molar-refractivity contribution is -0.140. The zero-order valence-corrected chi connectivity index (χ0v) is 22.0. The Balaban J connectivity index is 2.44. The van der Waals surface area contributed by atoms with Crippen molar-refractivity contribution < 1.29 is 18.0 Å². The molecule has 0 unspecified atom stereocenters. The molecule has 186 valence electrons. The first-order valence-corrected chi connectivity index (χ1v) is 13.6. The fourth-order valence-electron chi connectivity index (χ4n) is 3.61. The number of aryl methyl sites for hydroxylation is 1. The van der Waals surface area contributed by atoms with Crippen LogP contribution in [0.3, 0.4) is 0 Å². The van der Waals surface area contributed by atoms with Gasteiger partial charge >= 0.3 is 0 Å². The van der Waals surface area contributed by atoms with E-state index in [2.05, 4.69) is 5.32 Å². The van der Waals surface area contributed by atoms with E-state index in [1.807, 2.05) is 52.0 Å². The highest BCUT2D eigenvalue weighted by atomic mass is 35.5. The van der Waals surface area contributed by atoms with Crippen LogP contribution in [0.2, 0.25) is 5.02 Å².